The van der Waals surface area contributed by atoms with Crippen LogP contribution in [0, 0.1) is 0 Å². The van der Waals surface area contributed by atoms with Crippen LogP contribution in [0.3, 0.4) is 0 Å². The van der Waals surface area contributed by atoms with Gasteiger partial charge in [-0.2, -0.15) is 0 Å². The van der Waals surface area contributed by atoms with Gasteiger partial charge in [0.15, 0.2) is 5.58 Å². The highest BCUT2D eigenvalue weighted by atomic mass is 16.5. The molecule has 0 saturated carbocycles. The number of nitrogens with zero attached hydrogens (tertiary/aromatic N) is 3. The van der Waals surface area contributed by atoms with Gasteiger partial charge in [-0.25, -0.2) is 0 Å². The normalized spacial score (nSPS) is 14.3. The van der Waals surface area contributed by atoms with Gasteiger partial charge in [0.2, 0.25) is 5.91 Å². The Morgan fingerprint density at radius 2 is 1.83 bits per heavy atom. The number of hydrogen-bond donors (Lipinski definition) is 1. The van der Waals surface area contributed by atoms with E-state index in [0.717, 1.165) is 30.0 Å². The number of amides is 2. The maximum atomic E-state index is 12.5. The molecule has 2 amide bonds. The number of furan rings is 1. The molecule has 2 aromatic heterocycles. The summed E-state index contributed by atoms with van der Waals surface area (Å²) in [6.07, 6.45) is 1.58. The summed E-state index contributed by atoms with van der Waals surface area (Å²) in [5.74, 6) is 0.457. The van der Waals surface area contributed by atoms with Crippen LogP contribution in [0.15, 0.2) is 47.1 Å². The van der Waals surface area contributed by atoms with Crippen LogP contribution in [0.4, 0.5) is 5.69 Å². The highest BCUT2D eigenvalue weighted by Crippen LogP contribution is 2.21. The molecule has 0 aliphatic carbocycles. The summed E-state index contributed by atoms with van der Waals surface area (Å²) >= 11 is 0. The second kappa shape index (κ2) is 7.90. The van der Waals surface area contributed by atoms with Crippen molar-refractivity contribution < 1.29 is 18.7 Å². The van der Waals surface area contributed by atoms with Crippen LogP contribution in [-0.2, 0) is 11.8 Å². The van der Waals surface area contributed by atoms with Crippen LogP contribution in [0.1, 0.15) is 10.5 Å². The van der Waals surface area contributed by atoms with Crippen molar-refractivity contribution in [3.63, 3.8) is 0 Å². The second-order valence-corrected chi connectivity index (χ2v) is 7.01. The van der Waals surface area contributed by atoms with Gasteiger partial charge in [-0.1, -0.05) is 0 Å². The van der Waals surface area contributed by atoms with E-state index in [9.17, 15) is 9.59 Å². The number of carbonyl (C=O) groups excluding carboxylic acids is 2. The van der Waals surface area contributed by atoms with Crippen molar-refractivity contribution in [2.75, 3.05) is 44.7 Å². The number of anilines is 1. The Balaban J connectivity index is 1.28. The van der Waals surface area contributed by atoms with E-state index in [1.54, 1.807) is 42.0 Å². The van der Waals surface area contributed by atoms with Gasteiger partial charge in [0.25, 0.3) is 5.91 Å². The summed E-state index contributed by atoms with van der Waals surface area (Å²) in [6.45, 7) is 2.73. The van der Waals surface area contributed by atoms with Crippen LogP contribution >= 0.6 is 0 Å². The Morgan fingerprint density at radius 3 is 2.48 bits per heavy atom. The molecule has 0 bridgehead atoms. The standard InChI is InChI=1S/C21H24N4O4/c1-23-17-7-12-29-19(17)13-18(23)21(27)22-14-20(26)25-10-8-24(9-11-25)15-3-5-16(28-2)6-4-15/h3-7,12-13H,8-11,14H2,1-2H3,(H,22,27). The van der Waals surface area contributed by atoms with E-state index in [1.807, 2.05) is 24.3 Å². The molecular weight excluding hydrogens is 372 g/mol. The number of benzene rings is 1. The zero-order chi connectivity index (χ0) is 20.4. The smallest absolute Gasteiger partial charge is 0.268 e. The number of methoxy groups -OCH3 is 1. The molecular formula is C21H24N4O4. The molecule has 0 spiro atoms. The molecule has 8 heteroatoms. The third-order valence-corrected chi connectivity index (χ3v) is 5.37. The minimum absolute atomic E-state index is 0.0199. The van der Waals surface area contributed by atoms with Crippen LogP contribution < -0.4 is 15.0 Å². The van der Waals surface area contributed by atoms with Crippen molar-refractivity contribution in [2.24, 2.45) is 7.05 Å². The number of aromatic nitrogens is 1. The first-order valence-electron chi connectivity index (χ1n) is 9.54. The van der Waals surface area contributed by atoms with Crippen molar-refractivity contribution in [1.29, 1.82) is 0 Å². The van der Waals surface area contributed by atoms with Crippen LogP contribution in [0.25, 0.3) is 11.1 Å². The fraction of sp³-hybridized carbons (Fsp3) is 0.333. The van der Waals surface area contributed by atoms with Gasteiger partial charge in [-0.15, -0.1) is 0 Å². The Hall–Kier alpha value is -3.42. The molecule has 1 aliphatic rings. The molecule has 0 unspecified atom stereocenters. The SMILES string of the molecule is COc1ccc(N2CCN(C(=O)CNC(=O)c3cc4occc4n3C)CC2)cc1. The predicted molar refractivity (Wildman–Crippen MR) is 109 cm³/mol. The first kappa shape index (κ1) is 18.9. The fourth-order valence-corrected chi connectivity index (χ4v) is 3.63. The average Bonchev–Trinajstić information content (AvgIpc) is 3.35. The van der Waals surface area contributed by atoms with Gasteiger partial charge in [-0.05, 0) is 24.3 Å². The van der Waals surface area contributed by atoms with E-state index in [1.165, 1.54) is 0 Å². The number of ether oxygens (including phenoxy) is 1. The minimum Gasteiger partial charge on any atom is -0.497 e. The number of rotatable bonds is 5. The Bertz CT molecular complexity index is 1010. The first-order valence-corrected chi connectivity index (χ1v) is 9.54. The third-order valence-electron chi connectivity index (χ3n) is 5.37. The molecule has 3 aromatic rings. The average molecular weight is 396 g/mol. The fourth-order valence-electron chi connectivity index (χ4n) is 3.63. The monoisotopic (exact) mass is 396 g/mol. The van der Waals surface area contributed by atoms with E-state index in [2.05, 4.69) is 10.2 Å². The molecule has 4 rings (SSSR count). The number of fused-ring (bicyclic) bond motifs is 1. The van der Waals surface area contributed by atoms with Crippen molar-refractivity contribution in [3.8, 4) is 5.75 Å². The summed E-state index contributed by atoms with van der Waals surface area (Å²) in [5.41, 5.74) is 3.07. The van der Waals surface area contributed by atoms with Crippen LogP contribution in [0.2, 0.25) is 0 Å². The van der Waals surface area contributed by atoms with Gasteiger partial charge >= 0.3 is 0 Å². The summed E-state index contributed by atoms with van der Waals surface area (Å²) < 4.78 is 12.3. The van der Waals surface area contributed by atoms with Crippen molar-refractivity contribution in [1.82, 2.24) is 14.8 Å². The lowest BCUT2D eigenvalue weighted by Crippen LogP contribution is -2.51. The van der Waals surface area contributed by atoms with Crippen LogP contribution in [-0.4, -0.2) is 61.1 Å². The molecule has 1 aromatic carbocycles. The minimum atomic E-state index is -0.288. The maximum Gasteiger partial charge on any atom is 0.268 e. The molecule has 152 valence electrons. The molecule has 29 heavy (non-hydrogen) atoms. The van der Waals surface area contributed by atoms with E-state index in [4.69, 9.17) is 9.15 Å². The third kappa shape index (κ3) is 3.78. The lowest BCUT2D eigenvalue weighted by molar-refractivity contribution is -0.130. The largest absolute Gasteiger partial charge is 0.497 e. The van der Waals surface area contributed by atoms with Crippen molar-refractivity contribution in [2.45, 2.75) is 0 Å². The van der Waals surface area contributed by atoms with Gasteiger partial charge < -0.3 is 28.8 Å². The van der Waals surface area contributed by atoms with E-state index in [0.29, 0.717) is 24.4 Å². The zero-order valence-corrected chi connectivity index (χ0v) is 16.6. The summed E-state index contributed by atoms with van der Waals surface area (Å²) in [4.78, 5) is 29.0. The van der Waals surface area contributed by atoms with Crippen LogP contribution in [0.5, 0.6) is 5.75 Å². The molecule has 1 saturated heterocycles. The Morgan fingerprint density at radius 1 is 1.10 bits per heavy atom. The number of nitrogens with one attached hydrogen (secondary N) is 1. The Kier molecular flexibility index (Phi) is 5.16. The van der Waals surface area contributed by atoms with Crippen molar-refractivity contribution in [3.05, 3.63) is 48.4 Å². The van der Waals surface area contributed by atoms with Gasteiger partial charge in [0, 0.05) is 51.0 Å². The molecule has 1 N–H and O–H groups in total. The molecule has 0 radical (unpaired) electrons. The zero-order valence-electron chi connectivity index (χ0n) is 16.6. The van der Waals surface area contributed by atoms with Gasteiger partial charge in [-0.3, -0.25) is 9.59 Å². The van der Waals surface area contributed by atoms with E-state index < -0.39 is 0 Å². The lowest BCUT2D eigenvalue weighted by atomic mass is 10.2. The van der Waals surface area contributed by atoms with E-state index in [-0.39, 0.29) is 18.4 Å². The second-order valence-electron chi connectivity index (χ2n) is 7.01. The summed E-state index contributed by atoms with van der Waals surface area (Å²) in [7, 11) is 3.45. The van der Waals surface area contributed by atoms with Gasteiger partial charge in [0.05, 0.1) is 25.4 Å². The number of hydrogen-bond acceptors (Lipinski definition) is 5. The Labute approximate surface area is 168 Å². The highest BCUT2D eigenvalue weighted by molar-refractivity contribution is 5.99. The topological polar surface area (TPSA) is 80.0 Å². The number of aryl methyl sites for hydroxylation is 1. The van der Waals surface area contributed by atoms with E-state index >= 15 is 0 Å². The molecule has 1 aliphatic heterocycles. The lowest BCUT2D eigenvalue weighted by Gasteiger charge is -2.36. The molecule has 1 fully saturated rings. The van der Waals surface area contributed by atoms with Crippen molar-refractivity contribution >= 4 is 28.6 Å². The number of carbonyl (C=O) groups is 2. The summed E-state index contributed by atoms with van der Waals surface area (Å²) in [5, 5.41) is 2.72. The quantitative estimate of drug-likeness (QED) is 0.712. The molecule has 3 heterocycles. The highest BCUT2D eigenvalue weighted by Gasteiger charge is 2.22. The number of piperazine rings is 1. The maximum absolute atomic E-state index is 12.5. The first-order chi connectivity index (χ1) is 14.1. The van der Waals surface area contributed by atoms with Gasteiger partial charge in [0.1, 0.15) is 11.4 Å². The molecule has 8 nitrogen and oxygen atoms in total. The molecule has 0 atom stereocenters. The predicted octanol–water partition coefficient (Wildman–Crippen LogP) is 1.86. The summed E-state index contributed by atoms with van der Waals surface area (Å²) in [6, 6.07) is 11.4.